The van der Waals surface area contributed by atoms with Crippen molar-refractivity contribution in [3.63, 3.8) is 0 Å². The van der Waals surface area contributed by atoms with Gasteiger partial charge in [0.1, 0.15) is 5.82 Å². The number of rotatable bonds is 2. The first-order valence-electron chi connectivity index (χ1n) is 10.2. The molecular formula is C23H26BrFN2O3. The Labute approximate surface area is 184 Å². The van der Waals surface area contributed by atoms with Crippen LogP contribution in [0.2, 0.25) is 0 Å². The highest BCUT2D eigenvalue weighted by atomic mass is 79.9. The smallest absolute Gasteiger partial charge is 0.252 e. The van der Waals surface area contributed by atoms with Crippen LogP contribution in [0.4, 0.5) is 4.39 Å². The highest BCUT2D eigenvalue weighted by molar-refractivity contribution is 9.10. The molecule has 30 heavy (non-hydrogen) atoms. The van der Waals surface area contributed by atoms with Crippen LogP contribution in [0, 0.1) is 11.2 Å². The second kappa shape index (κ2) is 7.93. The van der Waals surface area contributed by atoms with E-state index in [0.717, 1.165) is 5.70 Å². The SMILES string of the molecule is CC1=C(C(=O)N2CCOCC2)[C@H](c2cc(Br)ccc2F)C2=C(CC(C)(C)CC2=O)N1. The molecule has 1 fully saturated rings. The van der Waals surface area contributed by atoms with Gasteiger partial charge in [-0.1, -0.05) is 29.8 Å². The number of benzene rings is 1. The van der Waals surface area contributed by atoms with E-state index in [-0.39, 0.29) is 17.1 Å². The Morgan fingerprint density at radius 1 is 1.27 bits per heavy atom. The summed E-state index contributed by atoms with van der Waals surface area (Å²) in [5, 5.41) is 3.33. The summed E-state index contributed by atoms with van der Waals surface area (Å²) in [5.74, 6) is -1.35. The van der Waals surface area contributed by atoms with Gasteiger partial charge in [-0.25, -0.2) is 4.39 Å². The van der Waals surface area contributed by atoms with Crippen LogP contribution in [0.15, 0.2) is 45.2 Å². The fourth-order valence-electron chi connectivity index (χ4n) is 4.70. The second-order valence-electron chi connectivity index (χ2n) is 9.00. The molecule has 5 nitrogen and oxygen atoms in total. The van der Waals surface area contributed by atoms with Gasteiger partial charge in [0.15, 0.2) is 5.78 Å². The highest BCUT2D eigenvalue weighted by Gasteiger charge is 2.44. The Bertz CT molecular complexity index is 977. The van der Waals surface area contributed by atoms with Gasteiger partial charge < -0.3 is 15.0 Å². The van der Waals surface area contributed by atoms with Gasteiger partial charge in [0.05, 0.1) is 13.2 Å². The molecule has 0 unspecified atom stereocenters. The van der Waals surface area contributed by atoms with Crippen molar-refractivity contribution >= 4 is 27.6 Å². The van der Waals surface area contributed by atoms with E-state index in [1.54, 1.807) is 17.0 Å². The Morgan fingerprint density at radius 2 is 1.97 bits per heavy atom. The molecule has 1 aliphatic carbocycles. The maximum atomic E-state index is 15.1. The fourth-order valence-corrected chi connectivity index (χ4v) is 5.08. The van der Waals surface area contributed by atoms with Crippen molar-refractivity contribution in [2.45, 2.75) is 39.5 Å². The average molecular weight is 477 g/mol. The molecule has 1 amide bonds. The Balaban J connectivity index is 1.87. The minimum Gasteiger partial charge on any atom is -0.378 e. The number of amides is 1. The van der Waals surface area contributed by atoms with E-state index in [0.29, 0.717) is 66.0 Å². The van der Waals surface area contributed by atoms with Crippen molar-refractivity contribution in [1.29, 1.82) is 0 Å². The number of ketones is 1. The van der Waals surface area contributed by atoms with Crippen molar-refractivity contribution in [3.05, 3.63) is 56.6 Å². The summed E-state index contributed by atoms with van der Waals surface area (Å²) >= 11 is 3.42. The Morgan fingerprint density at radius 3 is 2.67 bits per heavy atom. The molecule has 0 saturated carbocycles. The Hall–Kier alpha value is -1.99. The van der Waals surface area contributed by atoms with Gasteiger partial charge in [0, 0.05) is 58.0 Å². The van der Waals surface area contributed by atoms with Gasteiger partial charge in [-0.2, -0.15) is 0 Å². The first-order chi connectivity index (χ1) is 14.2. The number of nitrogens with one attached hydrogen (secondary N) is 1. The van der Waals surface area contributed by atoms with Crippen molar-refractivity contribution in [1.82, 2.24) is 10.2 Å². The van der Waals surface area contributed by atoms with Gasteiger partial charge in [-0.3, -0.25) is 9.59 Å². The molecule has 3 aliphatic rings. The maximum absolute atomic E-state index is 15.1. The lowest BCUT2D eigenvalue weighted by Crippen LogP contribution is -2.45. The van der Waals surface area contributed by atoms with E-state index in [2.05, 4.69) is 35.1 Å². The molecule has 7 heteroatoms. The zero-order chi connectivity index (χ0) is 21.6. The number of dihydropyridines is 1. The van der Waals surface area contributed by atoms with E-state index in [1.807, 2.05) is 6.92 Å². The minimum absolute atomic E-state index is 0.0297. The summed E-state index contributed by atoms with van der Waals surface area (Å²) in [7, 11) is 0. The molecule has 1 N–H and O–H groups in total. The molecule has 1 atom stereocenters. The normalized spacial score (nSPS) is 24.0. The molecule has 0 radical (unpaired) electrons. The summed E-state index contributed by atoms with van der Waals surface area (Å²) in [5.41, 5.74) is 2.61. The third-order valence-corrected chi connectivity index (χ3v) is 6.53. The predicted molar refractivity (Wildman–Crippen MR) is 115 cm³/mol. The molecule has 2 aliphatic heterocycles. The van der Waals surface area contributed by atoms with E-state index in [1.165, 1.54) is 6.07 Å². The number of allylic oxidation sites excluding steroid dienone is 3. The third kappa shape index (κ3) is 3.85. The number of ether oxygens (including phenoxy) is 1. The molecule has 0 spiro atoms. The topological polar surface area (TPSA) is 58.6 Å². The lowest BCUT2D eigenvalue weighted by Gasteiger charge is -2.41. The number of hydrogen-bond acceptors (Lipinski definition) is 4. The molecule has 1 aromatic carbocycles. The van der Waals surface area contributed by atoms with Crippen LogP contribution >= 0.6 is 15.9 Å². The van der Waals surface area contributed by atoms with Gasteiger partial charge in [0.2, 0.25) is 0 Å². The number of hydrogen-bond donors (Lipinski definition) is 1. The van der Waals surface area contributed by atoms with Gasteiger partial charge in [0.25, 0.3) is 5.91 Å². The summed E-state index contributed by atoms with van der Waals surface area (Å²) in [6.07, 6.45) is 1.05. The standard InChI is InChI=1S/C23H26BrFN2O3/c1-13-19(22(29)27-6-8-30-9-7-27)20(15-10-14(24)4-5-16(15)25)21-17(26-13)11-23(2,3)12-18(21)28/h4-5,10,20,26H,6-9,11-12H2,1-3H3/t20-/m0/s1. The number of carbonyl (C=O) groups excluding carboxylic acids is 2. The Kier molecular flexibility index (Phi) is 5.62. The quantitative estimate of drug-likeness (QED) is 0.699. The van der Waals surface area contributed by atoms with Crippen LogP contribution in [0.3, 0.4) is 0 Å². The zero-order valence-corrected chi connectivity index (χ0v) is 19.1. The minimum atomic E-state index is -0.724. The van der Waals surface area contributed by atoms with Gasteiger partial charge >= 0.3 is 0 Å². The molecule has 2 heterocycles. The highest BCUT2D eigenvalue weighted by Crippen LogP contribution is 2.47. The van der Waals surface area contributed by atoms with E-state index < -0.39 is 11.7 Å². The molecule has 1 saturated heterocycles. The van der Waals surface area contributed by atoms with Crippen LogP contribution in [-0.2, 0) is 14.3 Å². The third-order valence-electron chi connectivity index (χ3n) is 6.04. The molecule has 1 aromatic rings. The zero-order valence-electron chi connectivity index (χ0n) is 17.5. The summed E-state index contributed by atoms with van der Waals surface area (Å²) in [6.45, 7) is 7.86. The molecule has 0 bridgehead atoms. The van der Waals surface area contributed by atoms with Crippen molar-refractivity contribution < 1.29 is 18.7 Å². The number of halogens is 2. The van der Waals surface area contributed by atoms with Crippen LogP contribution in [0.5, 0.6) is 0 Å². The molecule has 0 aromatic heterocycles. The number of nitrogens with zero attached hydrogens (tertiary/aromatic N) is 1. The molecular weight excluding hydrogens is 451 g/mol. The van der Waals surface area contributed by atoms with E-state index >= 15 is 4.39 Å². The van der Waals surface area contributed by atoms with Crippen molar-refractivity contribution in [2.75, 3.05) is 26.3 Å². The summed E-state index contributed by atoms with van der Waals surface area (Å²) in [4.78, 5) is 28.6. The summed E-state index contributed by atoms with van der Waals surface area (Å²) < 4.78 is 21.1. The fraction of sp³-hybridized carbons (Fsp3) is 0.478. The van der Waals surface area contributed by atoms with Crippen LogP contribution in [0.1, 0.15) is 45.1 Å². The number of carbonyl (C=O) groups is 2. The van der Waals surface area contributed by atoms with Crippen molar-refractivity contribution in [2.24, 2.45) is 5.41 Å². The second-order valence-corrected chi connectivity index (χ2v) is 9.92. The average Bonchev–Trinajstić information content (AvgIpc) is 2.68. The summed E-state index contributed by atoms with van der Waals surface area (Å²) in [6, 6.07) is 4.69. The lowest BCUT2D eigenvalue weighted by atomic mass is 9.68. The van der Waals surface area contributed by atoms with E-state index in [4.69, 9.17) is 4.74 Å². The van der Waals surface area contributed by atoms with Gasteiger partial charge in [-0.15, -0.1) is 0 Å². The van der Waals surface area contributed by atoms with Crippen molar-refractivity contribution in [3.8, 4) is 0 Å². The number of morpholine rings is 1. The largest absolute Gasteiger partial charge is 0.378 e. The molecule has 160 valence electrons. The number of Topliss-reactive ketones (excluding diaryl/α,β-unsaturated/α-hetero) is 1. The van der Waals surface area contributed by atoms with E-state index in [9.17, 15) is 9.59 Å². The van der Waals surface area contributed by atoms with Gasteiger partial charge in [-0.05, 0) is 37.0 Å². The monoisotopic (exact) mass is 476 g/mol. The first kappa shape index (κ1) is 21.2. The molecule has 4 rings (SSSR count). The maximum Gasteiger partial charge on any atom is 0.252 e. The predicted octanol–water partition coefficient (Wildman–Crippen LogP) is 4.05. The van der Waals surface area contributed by atoms with Crippen LogP contribution < -0.4 is 5.32 Å². The van der Waals surface area contributed by atoms with Crippen LogP contribution in [0.25, 0.3) is 0 Å². The van der Waals surface area contributed by atoms with Crippen LogP contribution in [-0.4, -0.2) is 42.9 Å². The first-order valence-corrected chi connectivity index (χ1v) is 11.0. The lowest BCUT2D eigenvalue weighted by molar-refractivity contribution is -0.131.